The maximum absolute atomic E-state index is 10.6. The van der Waals surface area contributed by atoms with Crippen molar-refractivity contribution in [3.05, 3.63) is 71.8 Å². The van der Waals surface area contributed by atoms with Crippen molar-refractivity contribution < 1.29 is 19.3 Å². The maximum Gasteiger partial charge on any atom is 0.231 e. The van der Waals surface area contributed by atoms with Crippen LogP contribution in [0.2, 0.25) is 0 Å². The molecule has 146 valence electrons. The number of phenolic OH excluding ortho intramolecular Hbond substituents is 1. The van der Waals surface area contributed by atoms with Gasteiger partial charge < -0.3 is 19.3 Å². The SMILES string of the molecule is COc1ccc(C2=Nc3ccccc3S[C@@H](c3ccc4c(c3)OCO4)C2)c(O)c1. The van der Waals surface area contributed by atoms with Gasteiger partial charge in [-0.15, -0.1) is 11.8 Å². The number of methoxy groups -OCH3 is 1. The fraction of sp³-hybridized carbons (Fsp3) is 0.174. The molecular weight excluding hydrogens is 386 g/mol. The molecule has 0 saturated carbocycles. The van der Waals surface area contributed by atoms with Crippen LogP contribution < -0.4 is 14.2 Å². The molecular formula is C23H19NO4S. The molecule has 0 spiro atoms. The topological polar surface area (TPSA) is 60.3 Å². The van der Waals surface area contributed by atoms with Crippen molar-refractivity contribution in [2.75, 3.05) is 13.9 Å². The summed E-state index contributed by atoms with van der Waals surface area (Å²) in [5, 5.41) is 10.7. The van der Waals surface area contributed by atoms with Crippen LogP contribution in [0.15, 0.2) is 70.6 Å². The highest BCUT2D eigenvalue weighted by molar-refractivity contribution is 7.99. The maximum atomic E-state index is 10.6. The van der Waals surface area contributed by atoms with E-state index in [1.807, 2.05) is 42.5 Å². The third-order valence-corrected chi connectivity index (χ3v) is 6.38. The number of hydrogen-bond acceptors (Lipinski definition) is 6. The lowest BCUT2D eigenvalue weighted by atomic mass is 10.00. The number of thioether (sulfide) groups is 1. The first kappa shape index (κ1) is 17.9. The normalized spacial score (nSPS) is 17.3. The van der Waals surface area contributed by atoms with Crippen LogP contribution in [-0.2, 0) is 0 Å². The summed E-state index contributed by atoms with van der Waals surface area (Å²) in [6.07, 6.45) is 0.666. The number of aromatic hydroxyl groups is 1. The lowest BCUT2D eigenvalue weighted by molar-refractivity contribution is 0.174. The Hall–Kier alpha value is -3.12. The van der Waals surface area contributed by atoms with Crippen LogP contribution in [0.1, 0.15) is 22.8 Å². The zero-order chi connectivity index (χ0) is 19.8. The van der Waals surface area contributed by atoms with Gasteiger partial charge in [0, 0.05) is 28.2 Å². The van der Waals surface area contributed by atoms with Crippen molar-refractivity contribution in [2.24, 2.45) is 4.99 Å². The number of rotatable bonds is 3. The molecule has 3 aromatic carbocycles. The molecule has 1 atom stereocenters. The molecule has 0 aliphatic carbocycles. The molecule has 0 fully saturated rings. The van der Waals surface area contributed by atoms with E-state index >= 15 is 0 Å². The zero-order valence-electron chi connectivity index (χ0n) is 15.8. The van der Waals surface area contributed by atoms with Crippen LogP contribution in [0.5, 0.6) is 23.0 Å². The van der Waals surface area contributed by atoms with E-state index in [2.05, 4.69) is 12.1 Å². The van der Waals surface area contributed by atoms with Gasteiger partial charge in [0.05, 0.1) is 18.5 Å². The quantitative estimate of drug-likeness (QED) is 0.625. The fourth-order valence-corrected chi connectivity index (χ4v) is 4.78. The summed E-state index contributed by atoms with van der Waals surface area (Å²) in [6, 6.07) is 19.5. The molecule has 1 N–H and O–H groups in total. The van der Waals surface area contributed by atoms with Crippen LogP contribution >= 0.6 is 11.8 Å². The first-order valence-corrected chi connectivity index (χ1v) is 10.2. The van der Waals surface area contributed by atoms with E-state index in [0.717, 1.165) is 33.4 Å². The lowest BCUT2D eigenvalue weighted by Crippen LogP contribution is -2.06. The smallest absolute Gasteiger partial charge is 0.231 e. The van der Waals surface area contributed by atoms with Crippen molar-refractivity contribution in [1.82, 2.24) is 0 Å². The summed E-state index contributed by atoms with van der Waals surface area (Å²) < 4.78 is 16.2. The largest absolute Gasteiger partial charge is 0.507 e. The second kappa shape index (κ2) is 7.37. The van der Waals surface area contributed by atoms with Crippen LogP contribution in [0.4, 0.5) is 5.69 Å². The van der Waals surface area contributed by atoms with Crippen molar-refractivity contribution in [2.45, 2.75) is 16.6 Å². The van der Waals surface area contributed by atoms with E-state index in [9.17, 15) is 5.11 Å². The van der Waals surface area contributed by atoms with E-state index < -0.39 is 0 Å². The molecule has 2 heterocycles. The molecule has 0 bridgehead atoms. The molecule has 0 saturated heterocycles. The predicted octanol–water partition coefficient (Wildman–Crippen LogP) is 5.49. The van der Waals surface area contributed by atoms with E-state index in [1.165, 1.54) is 0 Å². The molecule has 3 aromatic rings. The number of aliphatic imine (C=N–C) groups is 1. The third kappa shape index (κ3) is 3.40. The predicted molar refractivity (Wildman–Crippen MR) is 113 cm³/mol. The number of fused-ring (bicyclic) bond motifs is 2. The minimum atomic E-state index is 0.119. The Kier molecular flexibility index (Phi) is 4.56. The number of para-hydroxylation sites is 1. The van der Waals surface area contributed by atoms with Crippen molar-refractivity contribution in [3.8, 4) is 23.0 Å². The van der Waals surface area contributed by atoms with Gasteiger partial charge in [0.2, 0.25) is 6.79 Å². The van der Waals surface area contributed by atoms with Gasteiger partial charge in [0.25, 0.3) is 0 Å². The fourth-order valence-electron chi connectivity index (χ4n) is 3.56. The second-order valence-electron chi connectivity index (χ2n) is 6.83. The summed E-state index contributed by atoms with van der Waals surface area (Å²) >= 11 is 1.77. The molecule has 2 aliphatic rings. The molecule has 6 heteroatoms. The summed E-state index contributed by atoms with van der Waals surface area (Å²) in [4.78, 5) is 6.02. The molecule has 0 unspecified atom stereocenters. The van der Waals surface area contributed by atoms with E-state index in [0.29, 0.717) is 17.7 Å². The van der Waals surface area contributed by atoms with E-state index in [4.69, 9.17) is 19.2 Å². The Morgan fingerprint density at radius 2 is 1.90 bits per heavy atom. The lowest BCUT2D eigenvalue weighted by Gasteiger charge is -2.17. The molecule has 29 heavy (non-hydrogen) atoms. The summed E-state index contributed by atoms with van der Waals surface area (Å²) in [5.74, 6) is 2.32. The van der Waals surface area contributed by atoms with Gasteiger partial charge in [-0.3, -0.25) is 4.99 Å². The van der Waals surface area contributed by atoms with Crippen molar-refractivity contribution in [1.29, 1.82) is 0 Å². The van der Waals surface area contributed by atoms with Gasteiger partial charge in [-0.1, -0.05) is 18.2 Å². The molecule has 2 aliphatic heterocycles. The average Bonchev–Trinajstić information content (AvgIpc) is 3.12. The number of nitrogens with zero attached hydrogens (tertiary/aromatic N) is 1. The Balaban J connectivity index is 1.58. The number of ether oxygens (including phenoxy) is 3. The molecule has 0 aromatic heterocycles. The number of phenols is 1. The van der Waals surface area contributed by atoms with Gasteiger partial charge in [-0.2, -0.15) is 0 Å². The Labute approximate surface area is 173 Å². The highest BCUT2D eigenvalue weighted by Gasteiger charge is 2.25. The first-order chi connectivity index (χ1) is 14.2. The molecule has 5 nitrogen and oxygen atoms in total. The minimum absolute atomic E-state index is 0.119. The first-order valence-electron chi connectivity index (χ1n) is 9.31. The van der Waals surface area contributed by atoms with Gasteiger partial charge in [0.1, 0.15) is 11.5 Å². The second-order valence-corrected chi connectivity index (χ2v) is 8.08. The summed E-state index contributed by atoms with van der Waals surface area (Å²) in [7, 11) is 1.58. The summed E-state index contributed by atoms with van der Waals surface area (Å²) in [6.45, 7) is 0.256. The van der Waals surface area contributed by atoms with E-state index in [1.54, 1.807) is 24.9 Å². The number of benzene rings is 3. The van der Waals surface area contributed by atoms with Crippen molar-refractivity contribution in [3.63, 3.8) is 0 Å². The molecule has 0 amide bonds. The van der Waals surface area contributed by atoms with Crippen LogP contribution in [0.3, 0.4) is 0 Å². The standard InChI is InChI=1S/C23H19NO4S/c1-26-15-7-8-16(19(25)11-15)18-12-23(29-22-5-3-2-4-17(22)24-18)14-6-9-20-21(10-14)28-13-27-20/h2-11,23,25H,12-13H2,1H3/t23-/m1/s1. The van der Waals surface area contributed by atoms with Crippen LogP contribution in [-0.4, -0.2) is 24.7 Å². The highest BCUT2D eigenvalue weighted by atomic mass is 32.2. The van der Waals surface area contributed by atoms with Crippen LogP contribution in [0.25, 0.3) is 0 Å². The Morgan fingerprint density at radius 3 is 2.76 bits per heavy atom. The number of hydrogen-bond donors (Lipinski definition) is 1. The zero-order valence-corrected chi connectivity index (χ0v) is 16.6. The van der Waals surface area contributed by atoms with Gasteiger partial charge >= 0.3 is 0 Å². The highest BCUT2D eigenvalue weighted by Crippen LogP contribution is 2.47. The monoisotopic (exact) mass is 405 g/mol. The molecule has 0 radical (unpaired) electrons. The van der Waals surface area contributed by atoms with Gasteiger partial charge in [-0.25, -0.2) is 0 Å². The Bertz CT molecular complexity index is 1110. The van der Waals surface area contributed by atoms with Gasteiger partial charge in [0.15, 0.2) is 11.5 Å². The molecule has 5 rings (SSSR count). The van der Waals surface area contributed by atoms with Crippen LogP contribution in [0, 0.1) is 0 Å². The Morgan fingerprint density at radius 1 is 1.03 bits per heavy atom. The third-order valence-electron chi connectivity index (χ3n) is 5.05. The summed E-state index contributed by atoms with van der Waals surface area (Å²) in [5.41, 5.74) is 3.60. The van der Waals surface area contributed by atoms with E-state index in [-0.39, 0.29) is 17.8 Å². The van der Waals surface area contributed by atoms with Gasteiger partial charge in [-0.05, 0) is 42.0 Å². The minimum Gasteiger partial charge on any atom is -0.507 e. The average molecular weight is 405 g/mol. The van der Waals surface area contributed by atoms with Crippen molar-refractivity contribution >= 4 is 23.2 Å².